The Labute approximate surface area is 237 Å². The van der Waals surface area contributed by atoms with Gasteiger partial charge in [-0.1, -0.05) is 5.21 Å². The minimum absolute atomic E-state index is 0.242. The van der Waals surface area contributed by atoms with Gasteiger partial charge in [-0.05, 0) is 83.0 Å². The van der Waals surface area contributed by atoms with E-state index in [0.717, 1.165) is 27.8 Å². The summed E-state index contributed by atoms with van der Waals surface area (Å²) in [6.45, 7) is 11.5. The number of aromatic nitrogens is 7. The Hall–Kier alpha value is -4.54. The zero-order valence-electron chi connectivity index (χ0n) is 24.3. The minimum Gasteiger partial charge on any atom is -0.444 e. The monoisotopic (exact) mass is 556 g/mol. The van der Waals surface area contributed by atoms with Gasteiger partial charge in [0.05, 0.1) is 41.0 Å². The molecule has 10 nitrogen and oxygen atoms in total. The molecule has 0 saturated heterocycles. The van der Waals surface area contributed by atoms with E-state index in [1.165, 1.54) is 0 Å². The lowest BCUT2D eigenvalue weighted by Crippen LogP contribution is -2.42. The van der Waals surface area contributed by atoms with Crippen molar-refractivity contribution in [3.8, 4) is 22.8 Å². The number of carbonyl (C=O) groups excluding carboxylic acids is 1. The molecule has 1 amide bonds. The van der Waals surface area contributed by atoms with E-state index >= 15 is 0 Å². The molecule has 3 aromatic heterocycles. The molecule has 4 heterocycles. The van der Waals surface area contributed by atoms with Crippen molar-refractivity contribution in [1.82, 2.24) is 39.5 Å². The average molecular weight is 557 g/mol. The first-order valence-electron chi connectivity index (χ1n) is 13.6. The topological polar surface area (TPSA) is 95.9 Å². The van der Waals surface area contributed by atoms with Crippen LogP contribution in [0.1, 0.15) is 56.1 Å². The maximum Gasteiger partial charge on any atom is 0.410 e. The van der Waals surface area contributed by atoms with Crippen LogP contribution in [0.4, 0.5) is 9.18 Å². The Kier molecular flexibility index (Phi) is 6.20. The third-order valence-electron chi connectivity index (χ3n) is 7.50. The summed E-state index contributed by atoms with van der Waals surface area (Å²) in [5.74, 6) is -0.242. The van der Waals surface area contributed by atoms with Crippen molar-refractivity contribution in [2.45, 2.75) is 59.6 Å². The van der Waals surface area contributed by atoms with Crippen LogP contribution < -0.4 is 0 Å². The number of amides is 1. The molecule has 1 atom stereocenters. The summed E-state index contributed by atoms with van der Waals surface area (Å²) in [5.41, 5.74) is 6.02. The molecule has 0 radical (unpaired) electrons. The Morgan fingerprint density at radius 1 is 1.10 bits per heavy atom. The van der Waals surface area contributed by atoms with Gasteiger partial charge in [0.15, 0.2) is 0 Å². The molecule has 212 valence electrons. The number of aryl methyl sites for hydroxylation is 3. The zero-order chi connectivity index (χ0) is 29.2. The van der Waals surface area contributed by atoms with Crippen LogP contribution in [0.2, 0.25) is 0 Å². The smallest absolute Gasteiger partial charge is 0.410 e. The highest BCUT2D eigenvalue weighted by Crippen LogP contribution is 2.39. The second-order valence-electron chi connectivity index (χ2n) is 11.7. The molecule has 0 unspecified atom stereocenters. The highest BCUT2D eigenvalue weighted by molar-refractivity contribution is 5.81. The van der Waals surface area contributed by atoms with Crippen molar-refractivity contribution in [3.63, 3.8) is 0 Å². The molecular formula is C30H33FN8O2. The fourth-order valence-electron chi connectivity index (χ4n) is 5.52. The fraction of sp³-hybridized carbons (Fsp3) is 0.367. The van der Waals surface area contributed by atoms with Crippen molar-refractivity contribution < 1.29 is 13.9 Å². The predicted octanol–water partition coefficient (Wildman–Crippen LogP) is 5.62. The summed E-state index contributed by atoms with van der Waals surface area (Å²) in [7, 11) is 1.90. The molecule has 0 bridgehead atoms. The Balaban J connectivity index is 1.49. The SMILES string of the molecule is Cc1cc(-n2nc3c(c2-c2cn(-c4ccc5c(cnn5C)c4)nn2)[C@H](C)N(C(=O)OC(C)(C)C)CC3)cc(C)c1F. The Morgan fingerprint density at radius 3 is 2.54 bits per heavy atom. The van der Waals surface area contributed by atoms with Crippen LogP contribution in [0, 0.1) is 19.7 Å². The minimum atomic E-state index is -0.620. The van der Waals surface area contributed by atoms with E-state index < -0.39 is 5.60 Å². The third-order valence-corrected chi connectivity index (χ3v) is 7.50. The molecule has 6 rings (SSSR count). The lowest BCUT2D eigenvalue weighted by molar-refractivity contribution is 0.0160. The molecule has 11 heteroatoms. The van der Waals surface area contributed by atoms with E-state index in [-0.39, 0.29) is 18.0 Å². The number of hydrogen-bond donors (Lipinski definition) is 0. The van der Waals surface area contributed by atoms with Crippen LogP contribution in [0.15, 0.2) is 42.7 Å². The van der Waals surface area contributed by atoms with Crippen LogP contribution in [0.5, 0.6) is 0 Å². The first-order valence-corrected chi connectivity index (χ1v) is 13.6. The maximum absolute atomic E-state index is 14.6. The first kappa shape index (κ1) is 26.7. The standard InChI is InChI=1S/C30H33FN8O2/c1-17-12-22(13-18(2)27(17)31)39-28(26-19(3)37(11-10-23(26)34-39)29(40)41-30(4,5)6)24-16-38(35-33-24)21-8-9-25-20(14-21)15-32-36(25)7/h8-9,12-16,19H,10-11H2,1-7H3/t19-/m0/s1. The molecule has 2 aromatic carbocycles. The lowest BCUT2D eigenvalue weighted by Gasteiger charge is -2.34. The molecule has 1 aliphatic rings. The van der Waals surface area contributed by atoms with Crippen molar-refractivity contribution in [1.29, 1.82) is 0 Å². The van der Waals surface area contributed by atoms with Crippen LogP contribution >= 0.6 is 0 Å². The third kappa shape index (κ3) is 4.64. The predicted molar refractivity (Wildman–Crippen MR) is 153 cm³/mol. The van der Waals surface area contributed by atoms with E-state index in [4.69, 9.17) is 9.84 Å². The normalized spacial score (nSPS) is 15.4. The molecule has 0 saturated carbocycles. The molecule has 1 aliphatic heterocycles. The van der Waals surface area contributed by atoms with E-state index in [1.54, 1.807) is 40.2 Å². The molecule has 5 aromatic rings. The summed E-state index contributed by atoms with van der Waals surface area (Å²) in [6, 6.07) is 9.19. The second-order valence-corrected chi connectivity index (χ2v) is 11.7. The van der Waals surface area contributed by atoms with E-state index in [1.807, 2.05) is 70.0 Å². The Morgan fingerprint density at radius 2 is 1.83 bits per heavy atom. The number of benzene rings is 2. The fourth-order valence-corrected chi connectivity index (χ4v) is 5.52. The van der Waals surface area contributed by atoms with Gasteiger partial charge in [-0.2, -0.15) is 10.2 Å². The van der Waals surface area contributed by atoms with Gasteiger partial charge >= 0.3 is 6.09 Å². The van der Waals surface area contributed by atoms with Gasteiger partial charge in [-0.25, -0.2) is 18.5 Å². The molecule has 0 aliphatic carbocycles. The quantitative estimate of drug-likeness (QED) is 0.286. The van der Waals surface area contributed by atoms with Gasteiger partial charge in [0, 0.05) is 31.0 Å². The van der Waals surface area contributed by atoms with Gasteiger partial charge in [-0.3, -0.25) is 4.68 Å². The second kappa shape index (κ2) is 9.53. The number of halogens is 1. The summed E-state index contributed by atoms with van der Waals surface area (Å²) < 4.78 is 25.7. The number of ether oxygens (including phenoxy) is 1. The van der Waals surface area contributed by atoms with E-state index in [9.17, 15) is 9.18 Å². The van der Waals surface area contributed by atoms with E-state index in [0.29, 0.717) is 41.2 Å². The number of fused-ring (bicyclic) bond motifs is 2. The van der Waals surface area contributed by atoms with Crippen LogP contribution in [-0.4, -0.2) is 57.7 Å². The molecule has 0 N–H and O–H groups in total. The van der Waals surface area contributed by atoms with Gasteiger partial charge in [0.2, 0.25) is 0 Å². The maximum atomic E-state index is 14.6. The largest absolute Gasteiger partial charge is 0.444 e. The summed E-state index contributed by atoms with van der Waals surface area (Å²) >= 11 is 0. The van der Waals surface area contributed by atoms with Crippen molar-refractivity contribution in [3.05, 3.63) is 70.9 Å². The summed E-state index contributed by atoms with van der Waals surface area (Å²) in [6.07, 6.45) is 3.84. The van der Waals surface area contributed by atoms with Crippen LogP contribution in [0.25, 0.3) is 33.7 Å². The number of rotatable bonds is 3. The average Bonchev–Trinajstić information content (AvgIpc) is 3.63. The van der Waals surface area contributed by atoms with Crippen LogP contribution in [-0.2, 0) is 18.2 Å². The highest BCUT2D eigenvalue weighted by atomic mass is 19.1. The van der Waals surface area contributed by atoms with Crippen molar-refractivity contribution in [2.24, 2.45) is 7.05 Å². The lowest BCUT2D eigenvalue weighted by atomic mass is 9.96. The van der Waals surface area contributed by atoms with E-state index in [2.05, 4.69) is 15.4 Å². The zero-order valence-corrected chi connectivity index (χ0v) is 24.3. The number of nitrogens with zero attached hydrogens (tertiary/aromatic N) is 8. The van der Waals surface area contributed by atoms with Crippen LogP contribution in [0.3, 0.4) is 0 Å². The Bertz CT molecular complexity index is 1790. The summed E-state index contributed by atoms with van der Waals surface area (Å²) in [5, 5.41) is 19.3. The van der Waals surface area contributed by atoms with Gasteiger partial charge in [0.1, 0.15) is 22.8 Å². The van der Waals surface area contributed by atoms with Crippen molar-refractivity contribution in [2.75, 3.05) is 6.54 Å². The molecule has 41 heavy (non-hydrogen) atoms. The highest BCUT2D eigenvalue weighted by Gasteiger charge is 2.37. The summed E-state index contributed by atoms with van der Waals surface area (Å²) in [4.78, 5) is 14.9. The number of hydrogen-bond acceptors (Lipinski definition) is 6. The number of carbonyl (C=O) groups is 1. The van der Waals surface area contributed by atoms with Gasteiger partial charge in [0.25, 0.3) is 0 Å². The van der Waals surface area contributed by atoms with Gasteiger partial charge < -0.3 is 9.64 Å². The molecular weight excluding hydrogens is 523 g/mol. The first-order chi connectivity index (χ1) is 19.4. The van der Waals surface area contributed by atoms with Gasteiger partial charge in [-0.15, -0.1) is 5.10 Å². The van der Waals surface area contributed by atoms with Crippen molar-refractivity contribution >= 4 is 17.0 Å². The molecule has 0 spiro atoms. The molecule has 0 fully saturated rings.